The van der Waals surface area contributed by atoms with Crippen LogP contribution in [0.3, 0.4) is 0 Å². The van der Waals surface area contributed by atoms with Crippen LogP contribution in [0.4, 0.5) is 0 Å². The van der Waals surface area contributed by atoms with E-state index in [0.29, 0.717) is 17.3 Å². The van der Waals surface area contributed by atoms with E-state index in [1.54, 1.807) is 6.33 Å². The fourth-order valence-electron chi connectivity index (χ4n) is 3.33. The predicted molar refractivity (Wildman–Crippen MR) is 95.2 cm³/mol. The van der Waals surface area contributed by atoms with Crippen molar-refractivity contribution in [2.24, 2.45) is 5.92 Å². The molecule has 6 heteroatoms. The van der Waals surface area contributed by atoms with Gasteiger partial charge in [0.05, 0.1) is 11.5 Å². The summed E-state index contributed by atoms with van der Waals surface area (Å²) in [6.45, 7) is 0.975. The fraction of sp³-hybridized carbons (Fsp3) is 0.625. The zero-order valence-electron chi connectivity index (χ0n) is 12.3. The highest BCUT2D eigenvalue weighted by Crippen LogP contribution is 2.36. The van der Waals surface area contributed by atoms with Gasteiger partial charge in [0.2, 0.25) is 0 Å². The number of rotatable bonds is 4. The van der Waals surface area contributed by atoms with E-state index in [-0.39, 0.29) is 0 Å². The first-order valence-corrected chi connectivity index (χ1v) is 9.46. The smallest absolute Gasteiger partial charge is 0.146 e. The maximum absolute atomic E-state index is 6.23. The van der Waals surface area contributed by atoms with Crippen LogP contribution in [0.1, 0.15) is 44.6 Å². The molecule has 0 radical (unpaired) electrons. The third-order valence-corrected chi connectivity index (χ3v) is 5.92. The van der Waals surface area contributed by atoms with E-state index < -0.39 is 0 Å². The van der Waals surface area contributed by atoms with Gasteiger partial charge in [0.15, 0.2) is 0 Å². The molecular formula is C16H19ClIN3O. The minimum Gasteiger partial charge on any atom is -0.378 e. The van der Waals surface area contributed by atoms with E-state index in [1.807, 2.05) is 0 Å². The minimum absolute atomic E-state index is 0.455. The van der Waals surface area contributed by atoms with Gasteiger partial charge in [0.1, 0.15) is 17.1 Å². The van der Waals surface area contributed by atoms with Crippen molar-refractivity contribution in [3.05, 3.63) is 21.2 Å². The third kappa shape index (κ3) is 2.99. The van der Waals surface area contributed by atoms with Crippen molar-refractivity contribution >= 4 is 45.2 Å². The van der Waals surface area contributed by atoms with E-state index in [0.717, 1.165) is 52.8 Å². The summed E-state index contributed by atoms with van der Waals surface area (Å²) in [5, 5.41) is 1.53. The van der Waals surface area contributed by atoms with E-state index in [9.17, 15) is 0 Å². The van der Waals surface area contributed by atoms with Crippen molar-refractivity contribution in [3.63, 3.8) is 0 Å². The van der Waals surface area contributed by atoms with Gasteiger partial charge < -0.3 is 9.30 Å². The molecular weight excluding hydrogens is 413 g/mol. The van der Waals surface area contributed by atoms with E-state index >= 15 is 0 Å². The monoisotopic (exact) mass is 431 g/mol. The number of aromatic nitrogens is 3. The molecule has 0 atom stereocenters. The highest BCUT2D eigenvalue weighted by atomic mass is 127. The second-order valence-corrected chi connectivity index (χ2v) is 7.97. The van der Waals surface area contributed by atoms with Crippen LogP contribution in [-0.2, 0) is 4.74 Å². The maximum Gasteiger partial charge on any atom is 0.146 e. The lowest BCUT2D eigenvalue weighted by Crippen LogP contribution is -2.24. The molecule has 2 aliphatic rings. The average molecular weight is 432 g/mol. The Hall–Kier alpha value is -0.400. The molecule has 2 aliphatic carbocycles. The van der Waals surface area contributed by atoms with Crippen LogP contribution in [0.5, 0.6) is 0 Å². The molecule has 0 amide bonds. The van der Waals surface area contributed by atoms with Crippen molar-refractivity contribution in [3.8, 4) is 0 Å². The summed E-state index contributed by atoms with van der Waals surface area (Å²) in [7, 11) is 0. The molecule has 0 unspecified atom stereocenters. The molecule has 118 valence electrons. The first-order chi connectivity index (χ1) is 10.7. The zero-order chi connectivity index (χ0) is 15.1. The summed E-state index contributed by atoms with van der Waals surface area (Å²) in [6.07, 6.45) is 11.5. The maximum atomic E-state index is 6.23. The van der Waals surface area contributed by atoms with Crippen molar-refractivity contribution in [1.82, 2.24) is 14.5 Å². The Balaban J connectivity index is 1.48. The van der Waals surface area contributed by atoms with Gasteiger partial charge in [-0.2, -0.15) is 0 Å². The Labute approximate surface area is 148 Å². The van der Waals surface area contributed by atoms with Crippen molar-refractivity contribution in [2.45, 2.75) is 50.7 Å². The molecule has 0 aliphatic heterocycles. The van der Waals surface area contributed by atoms with E-state index in [2.05, 4.69) is 43.3 Å². The number of nitrogens with zero attached hydrogens (tertiary/aromatic N) is 3. The molecule has 0 N–H and O–H groups in total. The number of hydrogen-bond donors (Lipinski definition) is 0. The Morgan fingerprint density at radius 2 is 1.95 bits per heavy atom. The van der Waals surface area contributed by atoms with Gasteiger partial charge in [-0.3, -0.25) is 0 Å². The van der Waals surface area contributed by atoms with Gasteiger partial charge in [-0.1, -0.05) is 11.6 Å². The molecule has 0 spiro atoms. The van der Waals surface area contributed by atoms with Gasteiger partial charge in [0.25, 0.3) is 0 Å². The third-order valence-electron chi connectivity index (χ3n) is 4.82. The molecule has 0 aromatic carbocycles. The second-order valence-electron chi connectivity index (χ2n) is 6.45. The first kappa shape index (κ1) is 15.1. The van der Waals surface area contributed by atoms with Crippen LogP contribution >= 0.6 is 34.2 Å². The Morgan fingerprint density at radius 3 is 2.68 bits per heavy atom. The minimum atomic E-state index is 0.455. The van der Waals surface area contributed by atoms with E-state index in [4.69, 9.17) is 16.3 Å². The van der Waals surface area contributed by atoms with Crippen molar-refractivity contribution in [2.75, 3.05) is 6.61 Å². The highest BCUT2D eigenvalue weighted by molar-refractivity contribution is 14.1. The van der Waals surface area contributed by atoms with Gasteiger partial charge >= 0.3 is 0 Å². The number of halogens is 2. The predicted octanol–water partition coefficient (Wildman–Crippen LogP) is 4.60. The lowest BCUT2D eigenvalue weighted by atomic mass is 9.93. The van der Waals surface area contributed by atoms with Gasteiger partial charge in [0, 0.05) is 22.4 Å². The quantitative estimate of drug-likeness (QED) is 0.525. The summed E-state index contributed by atoms with van der Waals surface area (Å²) in [5.74, 6) is 0.853. The molecule has 22 heavy (non-hydrogen) atoms. The number of hydrogen-bond acceptors (Lipinski definition) is 3. The largest absolute Gasteiger partial charge is 0.378 e. The zero-order valence-corrected chi connectivity index (χ0v) is 15.3. The summed E-state index contributed by atoms with van der Waals surface area (Å²) >= 11 is 8.55. The van der Waals surface area contributed by atoms with Crippen molar-refractivity contribution < 1.29 is 4.74 Å². The van der Waals surface area contributed by atoms with Crippen LogP contribution in [0, 0.1) is 9.49 Å². The molecule has 2 heterocycles. The Kier molecular flexibility index (Phi) is 4.30. The van der Waals surface area contributed by atoms with Gasteiger partial charge in [-0.15, -0.1) is 0 Å². The average Bonchev–Trinajstić information content (AvgIpc) is 3.29. The van der Waals surface area contributed by atoms with E-state index in [1.165, 1.54) is 12.8 Å². The molecule has 4 rings (SSSR count). The Bertz CT molecular complexity index is 677. The fourth-order valence-corrected chi connectivity index (χ4v) is 4.52. The number of ether oxygens (including phenoxy) is 1. The normalized spacial score (nSPS) is 25.7. The lowest BCUT2D eigenvalue weighted by Gasteiger charge is -2.29. The highest BCUT2D eigenvalue weighted by Gasteiger charge is 2.28. The summed E-state index contributed by atoms with van der Waals surface area (Å²) in [6, 6.07) is 0.498. The standard InChI is InChI=1S/C16H19ClIN3O/c17-15-14-13(18)7-21(16(14)20-9-19-15)11-3-5-12(6-4-11)22-8-10-1-2-10/h7,9-12H,1-6,8H2/t11-,12-. The Morgan fingerprint density at radius 1 is 1.18 bits per heavy atom. The van der Waals surface area contributed by atoms with Crippen LogP contribution in [0.2, 0.25) is 5.15 Å². The molecule has 2 aromatic rings. The van der Waals surface area contributed by atoms with Crippen LogP contribution in [0.25, 0.3) is 11.0 Å². The topological polar surface area (TPSA) is 39.9 Å². The molecule has 0 saturated heterocycles. The molecule has 0 bridgehead atoms. The van der Waals surface area contributed by atoms with Gasteiger partial charge in [-0.05, 0) is 67.0 Å². The summed E-state index contributed by atoms with van der Waals surface area (Å²) in [5.41, 5.74) is 0.965. The SMILES string of the molecule is Clc1ncnc2c1c(I)cn2[C@H]1CC[C@H](OCC2CC2)CC1. The molecule has 4 nitrogen and oxygen atoms in total. The number of fused-ring (bicyclic) bond motifs is 1. The summed E-state index contributed by atoms with van der Waals surface area (Å²) in [4.78, 5) is 8.56. The van der Waals surface area contributed by atoms with Crippen LogP contribution in [-0.4, -0.2) is 27.2 Å². The van der Waals surface area contributed by atoms with Crippen LogP contribution in [0.15, 0.2) is 12.5 Å². The summed E-state index contributed by atoms with van der Waals surface area (Å²) < 4.78 is 9.47. The molecule has 2 saturated carbocycles. The van der Waals surface area contributed by atoms with Gasteiger partial charge in [-0.25, -0.2) is 9.97 Å². The molecule has 2 aromatic heterocycles. The van der Waals surface area contributed by atoms with Crippen molar-refractivity contribution in [1.29, 1.82) is 0 Å². The first-order valence-electron chi connectivity index (χ1n) is 8.00. The lowest BCUT2D eigenvalue weighted by molar-refractivity contribution is 0.0140. The molecule has 2 fully saturated rings. The second kappa shape index (κ2) is 6.24. The van der Waals surface area contributed by atoms with Crippen LogP contribution < -0.4 is 0 Å².